The minimum absolute atomic E-state index is 0.343. The van der Waals surface area contributed by atoms with E-state index in [0.29, 0.717) is 27.8 Å². The van der Waals surface area contributed by atoms with Crippen LogP contribution >= 0.6 is 11.6 Å². The van der Waals surface area contributed by atoms with Crippen LogP contribution in [0.1, 0.15) is 15.9 Å². The third kappa shape index (κ3) is 3.00. The number of carbonyl (C=O) groups excluding carboxylic acids is 1. The first kappa shape index (κ1) is 14.1. The SMILES string of the molecule is COc1ccc(Cl)cc1C(=O)Nc1ncc(N)cc1C. The fourth-order valence-corrected chi connectivity index (χ4v) is 1.93. The normalized spacial score (nSPS) is 10.2. The van der Waals surface area contributed by atoms with E-state index in [1.807, 2.05) is 6.92 Å². The summed E-state index contributed by atoms with van der Waals surface area (Å²) in [4.78, 5) is 16.4. The standard InChI is InChI=1S/C14H14ClN3O2/c1-8-5-10(16)7-17-13(8)18-14(19)11-6-9(15)3-4-12(11)20-2/h3-7H,16H2,1-2H3,(H,17,18,19). The molecule has 0 unspecified atom stereocenters. The number of benzene rings is 1. The largest absolute Gasteiger partial charge is 0.496 e. The number of anilines is 2. The topological polar surface area (TPSA) is 77.2 Å². The summed E-state index contributed by atoms with van der Waals surface area (Å²) in [7, 11) is 1.49. The summed E-state index contributed by atoms with van der Waals surface area (Å²) >= 11 is 5.91. The number of halogens is 1. The lowest BCUT2D eigenvalue weighted by Gasteiger charge is -2.11. The van der Waals surface area contributed by atoms with E-state index < -0.39 is 0 Å². The molecule has 0 spiro atoms. The number of rotatable bonds is 3. The zero-order valence-corrected chi connectivity index (χ0v) is 11.9. The highest BCUT2D eigenvalue weighted by molar-refractivity contribution is 6.31. The van der Waals surface area contributed by atoms with E-state index in [1.165, 1.54) is 13.3 Å². The molecular weight excluding hydrogens is 278 g/mol. The molecule has 0 atom stereocenters. The van der Waals surface area contributed by atoms with Crippen LogP contribution in [0.2, 0.25) is 5.02 Å². The molecule has 2 rings (SSSR count). The lowest BCUT2D eigenvalue weighted by Crippen LogP contribution is -2.15. The van der Waals surface area contributed by atoms with Crippen LogP contribution in [0.3, 0.4) is 0 Å². The first-order chi connectivity index (χ1) is 9.51. The van der Waals surface area contributed by atoms with E-state index in [2.05, 4.69) is 10.3 Å². The van der Waals surface area contributed by atoms with Gasteiger partial charge in [0.1, 0.15) is 11.6 Å². The molecule has 20 heavy (non-hydrogen) atoms. The van der Waals surface area contributed by atoms with Crippen LogP contribution in [0, 0.1) is 6.92 Å². The molecule has 0 saturated carbocycles. The fraction of sp³-hybridized carbons (Fsp3) is 0.143. The Hall–Kier alpha value is -2.27. The number of pyridine rings is 1. The molecule has 0 aliphatic heterocycles. The molecule has 104 valence electrons. The number of methoxy groups -OCH3 is 1. The number of nitrogens with one attached hydrogen (secondary N) is 1. The number of aryl methyl sites for hydroxylation is 1. The number of nitrogens with two attached hydrogens (primary N) is 1. The molecule has 6 heteroatoms. The minimum atomic E-state index is -0.343. The number of nitrogens with zero attached hydrogens (tertiary/aromatic N) is 1. The maximum atomic E-state index is 12.3. The molecule has 0 bridgehead atoms. The smallest absolute Gasteiger partial charge is 0.260 e. The predicted molar refractivity (Wildman–Crippen MR) is 79.3 cm³/mol. The van der Waals surface area contributed by atoms with Crippen molar-refractivity contribution in [1.29, 1.82) is 0 Å². The number of carbonyl (C=O) groups is 1. The zero-order chi connectivity index (χ0) is 14.7. The van der Waals surface area contributed by atoms with Gasteiger partial charge in [0.25, 0.3) is 5.91 Å². The summed E-state index contributed by atoms with van der Waals surface area (Å²) in [5, 5.41) is 3.17. The van der Waals surface area contributed by atoms with Gasteiger partial charge in [0.2, 0.25) is 0 Å². The number of hydrogen-bond acceptors (Lipinski definition) is 4. The Morgan fingerprint density at radius 2 is 2.15 bits per heavy atom. The van der Waals surface area contributed by atoms with E-state index in [-0.39, 0.29) is 5.91 Å². The van der Waals surface area contributed by atoms with Crippen LogP contribution in [-0.4, -0.2) is 18.0 Å². The molecule has 1 aromatic carbocycles. The van der Waals surface area contributed by atoms with Gasteiger partial charge in [-0.2, -0.15) is 0 Å². The summed E-state index contributed by atoms with van der Waals surface area (Å²) in [6.45, 7) is 1.81. The average molecular weight is 292 g/mol. The Balaban J connectivity index is 2.30. The van der Waals surface area contributed by atoms with E-state index in [4.69, 9.17) is 22.1 Å². The highest BCUT2D eigenvalue weighted by Crippen LogP contribution is 2.24. The molecule has 0 radical (unpaired) electrons. The van der Waals surface area contributed by atoms with Crippen molar-refractivity contribution in [3.63, 3.8) is 0 Å². The minimum Gasteiger partial charge on any atom is -0.496 e. The summed E-state index contributed by atoms with van der Waals surface area (Å²) in [5.74, 6) is 0.552. The summed E-state index contributed by atoms with van der Waals surface area (Å²) in [5.41, 5.74) is 7.29. The van der Waals surface area contributed by atoms with Gasteiger partial charge in [0.15, 0.2) is 0 Å². The van der Waals surface area contributed by atoms with Gasteiger partial charge in [0, 0.05) is 5.02 Å². The van der Waals surface area contributed by atoms with Gasteiger partial charge in [-0.25, -0.2) is 4.98 Å². The van der Waals surface area contributed by atoms with Gasteiger partial charge < -0.3 is 15.8 Å². The van der Waals surface area contributed by atoms with Crippen LogP contribution in [0.25, 0.3) is 0 Å². The predicted octanol–water partition coefficient (Wildman–Crippen LogP) is 2.89. The molecule has 0 aliphatic rings. The second-order valence-corrected chi connectivity index (χ2v) is 4.67. The second-order valence-electron chi connectivity index (χ2n) is 4.23. The van der Waals surface area contributed by atoms with Crippen molar-refractivity contribution in [3.8, 4) is 5.75 Å². The van der Waals surface area contributed by atoms with Gasteiger partial charge in [-0.3, -0.25) is 4.79 Å². The summed E-state index contributed by atoms with van der Waals surface area (Å²) in [6.07, 6.45) is 1.48. The van der Waals surface area contributed by atoms with Crippen LogP contribution in [0.15, 0.2) is 30.5 Å². The van der Waals surface area contributed by atoms with Crippen molar-refractivity contribution in [1.82, 2.24) is 4.98 Å². The second kappa shape index (κ2) is 5.79. The van der Waals surface area contributed by atoms with Crippen LogP contribution < -0.4 is 15.8 Å². The van der Waals surface area contributed by atoms with Crippen LogP contribution in [-0.2, 0) is 0 Å². The van der Waals surface area contributed by atoms with E-state index >= 15 is 0 Å². The molecular formula is C14H14ClN3O2. The summed E-state index contributed by atoms with van der Waals surface area (Å²) in [6, 6.07) is 6.57. The Morgan fingerprint density at radius 3 is 2.80 bits per heavy atom. The zero-order valence-electron chi connectivity index (χ0n) is 11.1. The summed E-state index contributed by atoms with van der Waals surface area (Å²) < 4.78 is 5.15. The van der Waals surface area contributed by atoms with Crippen molar-refractivity contribution >= 4 is 29.0 Å². The van der Waals surface area contributed by atoms with E-state index in [1.54, 1.807) is 24.3 Å². The monoisotopic (exact) mass is 291 g/mol. The van der Waals surface area contributed by atoms with Crippen LogP contribution in [0.5, 0.6) is 5.75 Å². The van der Waals surface area contributed by atoms with Crippen molar-refractivity contribution in [2.24, 2.45) is 0 Å². The molecule has 0 aliphatic carbocycles. The first-order valence-corrected chi connectivity index (χ1v) is 6.26. The lowest BCUT2D eigenvalue weighted by molar-refractivity contribution is 0.102. The number of hydrogen-bond donors (Lipinski definition) is 2. The maximum absolute atomic E-state index is 12.3. The van der Waals surface area contributed by atoms with Crippen molar-refractivity contribution in [3.05, 3.63) is 46.6 Å². The quantitative estimate of drug-likeness (QED) is 0.911. The third-order valence-electron chi connectivity index (χ3n) is 2.74. The van der Waals surface area contributed by atoms with Gasteiger partial charge in [0.05, 0.1) is 24.6 Å². The fourth-order valence-electron chi connectivity index (χ4n) is 1.76. The molecule has 1 aromatic heterocycles. The Morgan fingerprint density at radius 1 is 1.40 bits per heavy atom. The van der Waals surface area contributed by atoms with Crippen molar-refractivity contribution in [2.45, 2.75) is 6.92 Å². The Labute approximate surface area is 121 Å². The number of nitrogen functional groups attached to an aromatic ring is 1. The molecule has 2 aromatic rings. The molecule has 1 heterocycles. The van der Waals surface area contributed by atoms with Gasteiger partial charge in [-0.15, -0.1) is 0 Å². The molecule has 3 N–H and O–H groups in total. The van der Waals surface area contributed by atoms with Gasteiger partial charge >= 0.3 is 0 Å². The van der Waals surface area contributed by atoms with Gasteiger partial charge in [-0.05, 0) is 36.8 Å². The third-order valence-corrected chi connectivity index (χ3v) is 2.97. The highest BCUT2D eigenvalue weighted by Gasteiger charge is 2.14. The number of aromatic nitrogens is 1. The highest BCUT2D eigenvalue weighted by atomic mass is 35.5. The average Bonchev–Trinajstić information content (AvgIpc) is 2.41. The van der Waals surface area contributed by atoms with E-state index in [0.717, 1.165) is 5.56 Å². The molecule has 1 amide bonds. The van der Waals surface area contributed by atoms with Crippen molar-refractivity contribution in [2.75, 3.05) is 18.2 Å². The maximum Gasteiger partial charge on any atom is 0.260 e. The first-order valence-electron chi connectivity index (χ1n) is 5.88. The molecule has 0 fully saturated rings. The van der Waals surface area contributed by atoms with Crippen LogP contribution in [0.4, 0.5) is 11.5 Å². The lowest BCUT2D eigenvalue weighted by atomic mass is 10.2. The van der Waals surface area contributed by atoms with E-state index in [9.17, 15) is 4.79 Å². The number of ether oxygens (including phenoxy) is 1. The molecule has 0 saturated heterocycles. The Bertz CT molecular complexity index is 659. The number of amides is 1. The van der Waals surface area contributed by atoms with Gasteiger partial charge in [-0.1, -0.05) is 11.6 Å². The molecule has 5 nitrogen and oxygen atoms in total. The Kier molecular flexibility index (Phi) is 4.10. The van der Waals surface area contributed by atoms with Crippen molar-refractivity contribution < 1.29 is 9.53 Å².